The highest BCUT2D eigenvalue weighted by atomic mass is 32.1. The molecule has 0 unspecified atom stereocenters. The Morgan fingerprint density at radius 1 is 1.36 bits per heavy atom. The number of hydrogen-bond acceptors (Lipinski definition) is 5. The van der Waals surface area contributed by atoms with E-state index < -0.39 is 23.5 Å². The van der Waals surface area contributed by atoms with Crippen molar-refractivity contribution in [3.63, 3.8) is 0 Å². The molecule has 0 aliphatic carbocycles. The lowest BCUT2D eigenvalue weighted by molar-refractivity contribution is 0.0531. The van der Waals surface area contributed by atoms with Crippen molar-refractivity contribution in [2.45, 2.75) is 13.8 Å². The summed E-state index contributed by atoms with van der Waals surface area (Å²) in [5, 5.41) is 2.51. The van der Waals surface area contributed by atoms with Gasteiger partial charge in [0.2, 0.25) is 0 Å². The Labute approximate surface area is 128 Å². The minimum atomic E-state index is -0.976. The van der Waals surface area contributed by atoms with Crippen molar-refractivity contribution < 1.29 is 23.1 Å². The Morgan fingerprint density at radius 2 is 2.09 bits per heavy atom. The van der Waals surface area contributed by atoms with E-state index in [0.29, 0.717) is 11.8 Å². The van der Waals surface area contributed by atoms with Crippen LogP contribution in [0.3, 0.4) is 0 Å². The summed E-state index contributed by atoms with van der Waals surface area (Å²) in [6.07, 6.45) is 0. The van der Waals surface area contributed by atoms with Crippen LogP contribution in [0, 0.1) is 18.6 Å². The number of halogens is 2. The van der Waals surface area contributed by atoms with Crippen LogP contribution in [0.4, 0.5) is 13.9 Å². The third-order valence-electron chi connectivity index (χ3n) is 2.65. The highest BCUT2D eigenvalue weighted by Gasteiger charge is 2.19. The van der Waals surface area contributed by atoms with Crippen LogP contribution in [0.2, 0.25) is 0 Å². The minimum absolute atomic E-state index is 0.134. The molecule has 0 saturated carbocycles. The van der Waals surface area contributed by atoms with Gasteiger partial charge in [-0.05, 0) is 26.0 Å². The SMILES string of the molecule is CCOC(=O)c1sc(NC(=O)c2ccc(F)cc2F)nc1C. The van der Waals surface area contributed by atoms with E-state index in [2.05, 4.69) is 10.3 Å². The smallest absolute Gasteiger partial charge is 0.350 e. The molecule has 1 aromatic carbocycles. The Morgan fingerprint density at radius 3 is 2.73 bits per heavy atom. The van der Waals surface area contributed by atoms with Gasteiger partial charge in [0.15, 0.2) is 5.13 Å². The number of carbonyl (C=O) groups is 2. The van der Waals surface area contributed by atoms with Crippen molar-refractivity contribution in [1.29, 1.82) is 0 Å². The van der Waals surface area contributed by atoms with Gasteiger partial charge in [0, 0.05) is 6.07 Å². The maximum Gasteiger partial charge on any atom is 0.350 e. The van der Waals surface area contributed by atoms with Gasteiger partial charge in [0.1, 0.15) is 16.5 Å². The lowest BCUT2D eigenvalue weighted by Crippen LogP contribution is -2.13. The van der Waals surface area contributed by atoms with Gasteiger partial charge in [0.25, 0.3) is 5.91 Å². The van der Waals surface area contributed by atoms with Gasteiger partial charge in [-0.25, -0.2) is 18.6 Å². The predicted octanol–water partition coefficient (Wildman–Crippen LogP) is 3.16. The third-order valence-corrected chi connectivity index (χ3v) is 3.71. The van der Waals surface area contributed by atoms with Crippen LogP contribution in [0.5, 0.6) is 0 Å². The molecule has 0 bridgehead atoms. The summed E-state index contributed by atoms with van der Waals surface area (Å²) in [4.78, 5) is 27.9. The molecule has 2 rings (SSSR count). The quantitative estimate of drug-likeness (QED) is 0.876. The summed E-state index contributed by atoms with van der Waals surface area (Å²) in [5.74, 6) is -3.06. The summed E-state index contributed by atoms with van der Waals surface area (Å²) in [6, 6.07) is 2.63. The monoisotopic (exact) mass is 326 g/mol. The maximum absolute atomic E-state index is 13.5. The summed E-state index contributed by atoms with van der Waals surface area (Å²) >= 11 is 0.925. The summed E-state index contributed by atoms with van der Waals surface area (Å²) in [6.45, 7) is 3.49. The number of nitrogens with one attached hydrogen (secondary N) is 1. The van der Waals surface area contributed by atoms with Gasteiger partial charge >= 0.3 is 5.97 Å². The molecular formula is C14H12F2N2O3S. The molecule has 5 nitrogen and oxygen atoms in total. The molecule has 0 atom stereocenters. The topological polar surface area (TPSA) is 68.3 Å². The molecular weight excluding hydrogens is 314 g/mol. The molecule has 116 valence electrons. The first-order valence-corrected chi connectivity index (χ1v) is 7.15. The van der Waals surface area contributed by atoms with E-state index in [1.807, 2.05) is 0 Å². The fraction of sp³-hybridized carbons (Fsp3) is 0.214. The lowest BCUT2D eigenvalue weighted by Gasteiger charge is -2.02. The first-order chi connectivity index (χ1) is 10.4. The van der Waals surface area contributed by atoms with Crippen molar-refractivity contribution in [1.82, 2.24) is 4.98 Å². The van der Waals surface area contributed by atoms with Crippen LogP contribution in [-0.2, 0) is 4.74 Å². The highest BCUT2D eigenvalue weighted by molar-refractivity contribution is 7.17. The second-order valence-electron chi connectivity index (χ2n) is 4.23. The van der Waals surface area contributed by atoms with E-state index >= 15 is 0 Å². The number of anilines is 1. The van der Waals surface area contributed by atoms with Crippen molar-refractivity contribution in [3.05, 3.63) is 46.0 Å². The standard InChI is InChI=1S/C14H12F2N2O3S/c1-3-21-13(20)11-7(2)17-14(22-11)18-12(19)9-5-4-8(15)6-10(9)16/h4-6H,3H2,1-2H3,(H,17,18,19). The number of thiazole rings is 1. The number of amides is 1. The number of carbonyl (C=O) groups excluding carboxylic acids is 2. The molecule has 0 fully saturated rings. The summed E-state index contributed by atoms with van der Waals surface area (Å²) < 4.78 is 31.2. The molecule has 1 amide bonds. The van der Waals surface area contributed by atoms with Crippen molar-refractivity contribution in [2.24, 2.45) is 0 Å². The Hall–Kier alpha value is -2.35. The average Bonchev–Trinajstić information content (AvgIpc) is 2.79. The van der Waals surface area contributed by atoms with Gasteiger partial charge < -0.3 is 4.74 Å². The Bertz CT molecular complexity index is 731. The molecule has 2 aromatic rings. The number of hydrogen-bond donors (Lipinski definition) is 1. The lowest BCUT2D eigenvalue weighted by atomic mass is 10.2. The first kappa shape index (κ1) is 16.0. The molecule has 8 heteroatoms. The normalized spacial score (nSPS) is 10.4. The average molecular weight is 326 g/mol. The van der Waals surface area contributed by atoms with Crippen LogP contribution in [-0.4, -0.2) is 23.5 Å². The van der Waals surface area contributed by atoms with E-state index in [0.717, 1.165) is 23.5 Å². The number of aryl methyl sites for hydroxylation is 1. The Kier molecular flexibility index (Phi) is 4.81. The van der Waals surface area contributed by atoms with E-state index in [1.54, 1.807) is 13.8 Å². The molecule has 0 spiro atoms. The van der Waals surface area contributed by atoms with Crippen LogP contribution in [0.25, 0.3) is 0 Å². The van der Waals surface area contributed by atoms with Crippen LogP contribution in [0.15, 0.2) is 18.2 Å². The molecule has 0 radical (unpaired) electrons. The fourth-order valence-corrected chi connectivity index (χ4v) is 2.53. The second-order valence-corrected chi connectivity index (χ2v) is 5.23. The van der Waals surface area contributed by atoms with E-state index in [4.69, 9.17) is 4.74 Å². The number of esters is 1. The number of ether oxygens (including phenoxy) is 1. The zero-order valence-electron chi connectivity index (χ0n) is 11.8. The largest absolute Gasteiger partial charge is 0.462 e. The van der Waals surface area contributed by atoms with Crippen LogP contribution in [0.1, 0.15) is 32.6 Å². The minimum Gasteiger partial charge on any atom is -0.462 e. The zero-order chi connectivity index (χ0) is 16.3. The van der Waals surface area contributed by atoms with Gasteiger partial charge in [-0.3, -0.25) is 10.1 Å². The third kappa shape index (κ3) is 3.45. The second kappa shape index (κ2) is 6.61. The molecule has 22 heavy (non-hydrogen) atoms. The highest BCUT2D eigenvalue weighted by Crippen LogP contribution is 2.24. The first-order valence-electron chi connectivity index (χ1n) is 6.33. The number of rotatable bonds is 4. The summed E-state index contributed by atoms with van der Waals surface area (Å²) in [7, 11) is 0. The Balaban J connectivity index is 2.18. The van der Waals surface area contributed by atoms with Crippen molar-refractivity contribution in [3.8, 4) is 0 Å². The predicted molar refractivity (Wildman–Crippen MR) is 77.1 cm³/mol. The van der Waals surface area contributed by atoms with Gasteiger partial charge in [0.05, 0.1) is 17.9 Å². The fourth-order valence-electron chi connectivity index (χ4n) is 1.67. The van der Waals surface area contributed by atoms with Gasteiger partial charge in [-0.1, -0.05) is 11.3 Å². The summed E-state index contributed by atoms with van der Waals surface area (Å²) in [5.41, 5.74) is 0.0882. The number of aromatic nitrogens is 1. The molecule has 1 heterocycles. The van der Waals surface area contributed by atoms with Gasteiger partial charge in [-0.15, -0.1) is 0 Å². The van der Waals surface area contributed by atoms with Crippen molar-refractivity contribution >= 4 is 28.3 Å². The van der Waals surface area contributed by atoms with E-state index in [1.165, 1.54) is 0 Å². The number of benzene rings is 1. The van der Waals surface area contributed by atoms with Gasteiger partial charge in [-0.2, -0.15) is 0 Å². The molecule has 0 saturated heterocycles. The van der Waals surface area contributed by atoms with E-state index in [-0.39, 0.29) is 22.2 Å². The molecule has 0 aliphatic heterocycles. The molecule has 1 N–H and O–H groups in total. The molecule has 0 aliphatic rings. The molecule has 1 aromatic heterocycles. The van der Waals surface area contributed by atoms with Crippen LogP contribution >= 0.6 is 11.3 Å². The van der Waals surface area contributed by atoms with Crippen LogP contribution < -0.4 is 5.32 Å². The number of nitrogens with zero attached hydrogens (tertiary/aromatic N) is 1. The maximum atomic E-state index is 13.5. The van der Waals surface area contributed by atoms with Crippen molar-refractivity contribution in [2.75, 3.05) is 11.9 Å². The zero-order valence-corrected chi connectivity index (χ0v) is 12.6. The van der Waals surface area contributed by atoms with E-state index in [9.17, 15) is 18.4 Å².